The number of hydrogen-bond donors (Lipinski definition) is 1. The molecule has 1 aliphatic heterocycles. The summed E-state index contributed by atoms with van der Waals surface area (Å²) in [7, 11) is 0. The molecule has 0 radical (unpaired) electrons. The van der Waals surface area contributed by atoms with Crippen LogP contribution in [0.4, 0.5) is 0 Å². The zero-order valence-electron chi connectivity index (χ0n) is 11.9. The maximum Gasteiger partial charge on any atom is 0.120 e. The van der Waals surface area contributed by atoms with Gasteiger partial charge in [0.05, 0.1) is 12.6 Å². The normalized spacial score (nSPS) is 15.2. The summed E-state index contributed by atoms with van der Waals surface area (Å²) < 4.78 is 11.4. The molecule has 1 unspecified atom stereocenters. The number of hydrogen-bond acceptors (Lipinski definition) is 3. The van der Waals surface area contributed by atoms with Gasteiger partial charge in [-0.3, -0.25) is 0 Å². The zero-order chi connectivity index (χ0) is 14.5. The van der Waals surface area contributed by atoms with Crippen LogP contribution >= 0.6 is 0 Å². The lowest BCUT2D eigenvalue weighted by Crippen LogP contribution is -2.13. The molecule has 0 spiro atoms. The molecule has 3 heteroatoms. The molecule has 0 aliphatic carbocycles. The fourth-order valence-corrected chi connectivity index (χ4v) is 2.36. The number of rotatable bonds is 5. The van der Waals surface area contributed by atoms with Crippen LogP contribution in [0.25, 0.3) is 0 Å². The van der Waals surface area contributed by atoms with Crippen molar-refractivity contribution in [2.45, 2.75) is 19.1 Å². The van der Waals surface area contributed by atoms with Crippen LogP contribution in [0.3, 0.4) is 0 Å². The van der Waals surface area contributed by atoms with E-state index in [1.807, 2.05) is 54.6 Å². The third kappa shape index (κ3) is 3.44. The van der Waals surface area contributed by atoms with Gasteiger partial charge >= 0.3 is 0 Å². The van der Waals surface area contributed by atoms with E-state index in [1.165, 1.54) is 0 Å². The van der Waals surface area contributed by atoms with Crippen molar-refractivity contribution in [3.63, 3.8) is 0 Å². The first-order valence-electron chi connectivity index (χ1n) is 7.18. The highest BCUT2D eigenvalue weighted by molar-refractivity contribution is 5.34. The molecule has 0 amide bonds. The van der Waals surface area contributed by atoms with Crippen molar-refractivity contribution in [1.82, 2.24) is 0 Å². The first-order valence-corrected chi connectivity index (χ1v) is 7.18. The highest BCUT2D eigenvalue weighted by atomic mass is 16.5. The molecule has 3 rings (SSSR count). The fourth-order valence-electron chi connectivity index (χ4n) is 2.36. The number of nitrogens with two attached hydrogens (primary N) is 1. The van der Waals surface area contributed by atoms with Crippen molar-refractivity contribution in [2.75, 3.05) is 6.61 Å². The van der Waals surface area contributed by atoms with Crippen LogP contribution in [0.15, 0.2) is 66.4 Å². The van der Waals surface area contributed by atoms with Gasteiger partial charge in [-0.25, -0.2) is 0 Å². The third-order valence-corrected chi connectivity index (χ3v) is 3.50. The first-order chi connectivity index (χ1) is 10.3. The van der Waals surface area contributed by atoms with Crippen LogP contribution in [0.5, 0.6) is 5.75 Å². The molecule has 3 nitrogen and oxygen atoms in total. The summed E-state index contributed by atoms with van der Waals surface area (Å²) in [6.45, 7) is 1.28. The van der Waals surface area contributed by atoms with Crippen LogP contribution in [0.2, 0.25) is 0 Å². The predicted octanol–water partition coefficient (Wildman–Crippen LogP) is 3.57. The van der Waals surface area contributed by atoms with E-state index in [0.29, 0.717) is 6.61 Å². The van der Waals surface area contributed by atoms with E-state index < -0.39 is 0 Å². The molecule has 0 bridgehead atoms. The van der Waals surface area contributed by atoms with E-state index in [-0.39, 0.29) is 6.04 Å². The second kappa shape index (κ2) is 6.46. The highest BCUT2D eigenvalue weighted by Crippen LogP contribution is 2.26. The maximum absolute atomic E-state index is 6.23. The van der Waals surface area contributed by atoms with E-state index in [1.54, 1.807) is 0 Å². The Balaban J connectivity index is 1.68. The Morgan fingerprint density at radius 2 is 1.95 bits per heavy atom. The number of benzene rings is 2. The van der Waals surface area contributed by atoms with E-state index in [9.17, 15) is 0 Å². The standard InChI is InChI=1S/C18H19NO2/c19-18(17-10-5-11-20-17)15-8-4-9-16(12-15)21-13-14-6-2-1-3-7-14/h1-4,6-10,12,18H,5,11,13,19H2. The smallest absolute Gasteiger partial charge is 0.120 e. The van der Waals surface area contributed by atoms with Crippen molar-refractivity contribution in [3.8, 4) is 5.75 Å². The van der Waals surface area contributed by atoms with Crippen molar-refractivity contribution in [3.05, 3.63) is 77.6 Å². The Hall–Kier alpha value is -2.26. The van der Waals surface area contributed by atoms with Crippen LogP contribution < -0.4 is 10.5 Å². The lowest BCUT2D eigenvalue weighted by atomic mass is 10.1. The molecule has 2 aromatic carbocycles. The van der Waals surface area contributed by atoms with E-state index in [2.05, 4.69) is 6.08 Å². The molecular formula is C18H19NO2. The molecule has 1 aliphatic rings. The summed E-state index contributed by atoms with van der Waals surface area (Å²) in [5, 5.41) is 0. The van der Waals surface area contributed by atoms with E-state index in [0.717, 1.165) is 35.7 Å². The van der Waals surface area contributed by atoms with Crippen LogP contribution in [-0.4, -0.2) is 6.61 Å². The minimum Gasteiger partial charge on any atom is -0.496 e. The molecule has 0 saturated carbocycles. The molecular weight excluding hydrogens is 262 g/mol. The maximum atomic E-state index is 6.23. The Morgan fingerprint density at radius 1 is 1.10 bits per heavy atom. The van der Waals surface area contributed by atoms with Gasteiger partial charge in [-0.15, -0.1) is 0 Å². The Kier molecular flexibility index (Phi) is 4.22. The van der Waals surface area contributed by atoms with Gasteiger partial charge in [-0.05, 0) is 29.3 Å². The van der Waals surface area contributed by atoms with Crippen molar-refractivity contribution >= 4 is 0 Å². The zero-order valence-corrected chi connectivity index (χ0v) is 11.9. The SMILES string of the molecule is NC(C1=CCCO1)c1cccc(OCc2ccccc2)c1. The van der Waals surface area contributed by atoms with Gasteiger partial charge in [0.2, 0.25) is 0 Å². The highest BCUT2D eigenvalue weighted by Gasteiger charge is 2.16. The summed E-state index contributed by atoms with van der Waals surface area (Å²) >= 11 is 0. The van der Waals surface area contributed by atoms with Gasteiger partial charge in [0.1, 0.15) is 18.1 Å². The topological polar surface area (TPSA) is 44.5 Å². The summed E-state index contributed by atoms with van der Waals surface area (Å²) in [4.78, 5) is 0. The molecule has 1 heterocycles. The van der Waals surface area contributed by atoms with Gasteiger partial charge in [-0.2, -0.15) is 0 Å². The van der Waals surface area contributed by atoms with Gasteiger partial charge in [0.15, 0.2) is 0 Å². The first kappa shape index (κ1) is 13.7. The minimum absolute atomic E-state index is 0.215. The summed E-state index contributed by atoms with van der Waals surface area (Å²) in [5.74, 6) is 1.68. The van der Waals surface area contributed by atoms with E-state index in [4.69, 9.17) is 15.2 Å². The average molecular weight is 281 g/mol. The summed E-state index contributed by atoms with van der Waals surface area (Å²) in [6, 6.07) is 17.8. The number of ether oxygens (including phenoxy) is 2. The predicted molar refractivity (Wildman–Crippen MR) is 82.8 cm³/mol. The quantitative estimate of drug-likeness (QED) is 0.911. The molecule has 1 atom stereocenters. The molecule has 21 heavy (non-hydrogen) atoms. The lowest BCUT2D eigenvalue weighted by Gasteiger charge is -2.15. The monoisotopic (exact) mass is 281 g/mol. The fraction of sp³-hybridized carbons (Fsp3) is 0.222. The molecule has 0 saturated heterocycles. The summed E-state index contributed by atoms with van der Waals surface area (Å²) in [6.07, 6.45) is 3.00. The minimum atomic E-state index is -0.215. The second-order valence-corrected chi connectivity index (χ2v) is 5.07. The Bertz CT molecular complexity index is 622. The average Bonchev–Trinajstić information content (AvgIpc) is 3.08. The largest absolute Gasteiger partial charge is 0.496 e. The van der Waals surface area contributed by atoms with E-state index >= 15 is 0 Å². The molecule has 2 N–H and O–H groups in total. The lowest BCUT2D eigenvalue weighted by molar-refractivity contribution is 0.225. The van der Waals surface area contributed by atoms with Crippen molar-refractivity contribution in [2.24, 2.45) is 5.73 Å². The van der Waals surface area contributed by atoms with Crippen molar-refractivity contribution in [1.29, 1.82) is 0 Å². The molecule has 0 fully saturated rings. The van der Waals surface area contributed by atoms with Gasteiger partial charge in [0, 0.05) is 6.42 Å². The van der Waals surface area contributed by atoms with Gasteiger partial charge in [0.25, 0.3) is 0 Å². The van der Waals surface area contributed by atoms with Gasteiger partial charge < -0.3 is 15.2 Å². The third-order valence-electron chi connectivity index (χ3n) is 3.50. The molecule has 108 valence electrons. The Labute approximate surface area is 125 Å². The molecule has 2 aromatic rings. The van der Waals surface area contributed by atoms with Gasteiger partial charge in [-0.1, -0.05) is 42.5 Å². The van der Waals surface area contributed by atoms with Crippen LogP contribution in [0, 0.1) is 0 Å². The molecule has 0 aromatic heterocycles. The summed E-state index contributed by atoms with van der Waals surface area (Å²) in [5.41, 5.74) is 8.38. The second-order valence-electron chi connectivity index (χ2n) is 5.07. The Morgan fingerprint density at radius 3 is 2.71 bits per heavy atom. The van der Waals surface area contributed by atoms with Crippen LogP contribution in [0.1, 0.15) is 23.6 Å². The van der Waals surface area contributed by atoms with Crippen LogP contribution in [-0.2, 0) is 11.3 Å². The van der Waals surface area contributed by atoms with Crippen molar-refractivity contribution < 1.29 is 9.47 Å².